The van der Waals surface area contributed by atoms with E-state index in [1.807, 2.05) is 49.4 Å². The molecule has 1 atom stereocenters. The fourth-order valence-electron chi connectivity index (χ4n) is 4.73. The SMILES string of the molecule is CNC.COc1cc(C=O)cc(N(CC2CC2)c2ccc3ncc(-c4cnn(C5CCCCO5)c4)nc3c2)c1. The Balaban J connectivity index is 0.000000983. The highest BCUT2D eigenvalue weighted by Gasteiger charge is 2.26. The van der Waals surface area contributed by atoms with Gasteiger partial charge in [0.1, 0.15) is 18.3 Å². The summed E-state index contributed by atoms with van der Waals surface area (Å²) in [5, 5.41) is 7.28. The van der Waals surface area contributed by atoms with Crippen LogP contribution in [0.25, 0.3) is 22.3 Å². The fraction of sp³-hybridized carbons (Fsp3) is 0.400. The molecule has 9 nitrogen and oxygen atoms in total. The molecular weight excluding hydrogens is 492 g/mol. The predicted octanol–water partition coefficient (Wildman–Crippen LogP) is 5.40. The van der Waals surface area contributed by atoms with Gasteiger partial charge in [-0.3, -0.25) is 9.78 Å². The number of methoxy groups -OCH3 is 1. The molecule has 1 unspecified atom stereocenters. The van der Waals surface area contributed by atoms with E-state index in [0.717, 1.165) is 72.4 Å². The highest BCUT2D eigenvalue weighted by atomic mass is 16.5. The smallest absolute Gasteiger partial charge is 0.150 e. The normalized spacial score (nSPS) is 16.8. The number of carbonyl (C=O) groups is 1. The lowest BCUT2D eigenvalue weighted by Gasteiger charge is -2.26. The summed E-state index contributed by atoms with van der Waals surface area (Å²) in [4.78, 5) is 23.4. The van der Waals surface area contributed by atoms with Gasteiger partial charge in [-0.05, 0) is 82.4 Å². The van der Waals surface area contributed by atoms with E-state index in [1.165, 1.54) is 12.8 Å². The second kappa shape index (κ2) is 12.4. The van der Waals surface area contributed by atoms with Crippen molar-refractivity contribution in [3.63, 3.8) is 0 Å². The summed E-state index contributed by atoms with van der Waals surface area (Å²) < 4.78 is 13.2. The van der Waals surface area contributed by atoms with Crippen LogP contribution in [-0.4, -0.2) is 60.4 Å². The van der Waals surface area contributed by atoms with Crippen molar-refractivity contribution in [3.05, 3.63) is 60.6 Å². The van der Waals surface area contributed by atoms with Gasteiger partial charge in [-0.1, -0.05) is 0 Å². The minimum absolute atomic E-state index is 0.0115. The molecule has 1 aliphatic carbocycles. The Morgan fingerprint density at radius 3 is 2.64 bits per heavy atom. The summed E-state index contributed by atoms with van der Waals surface area (Å²) in [6, 6.07) is 11.8. The molecule has 1 aliphatic heterocycles. The van der Waals surface area contributed by atoms with Crippen LogP contribution in [0.3, 0.4) is 0 Å². The number of nitrogens with one attached hydrogen (secondary N) is 1. The number of fused-ring (bicyclic) bond motifs is 1. The molecule has 0 bridgehead atoms. The highest BCUT2D eigenvalue weighted by Crippen LogP contribution is 2.37. The van der Waals surface area contributed by atoms with E-state index >= 15 is 0 Å². The molecule has 1 saturated carbocycles. The van der Waals surface area contributed by atoms with Crippen LogP contribution >= 0.6 is 0 Å². The van der Waals surface area contributed by atoms with Gasteiger partial charge in [-0.2, -0.15) is 5.10 Å². The lowest BCUT2D eigenvalue weighted by Crippen LogP contribution is -2.20. The molecule has 0 amide bonds. The quantitative estimate of drug-likeness (QED) is 0.304. The molecule has 4 aromatic rings. The maximum absolute atomic E-state index is 11.6. The van der Waals surface area contributed by atoms with E-state index in [9.17, 15) is 4.79 Å². The fourth-order valence-corrected chi connectivity index (χ4v) is 4.73. The Hall–Kier alpha value is -3.82. The lowest BCUT2D eigenvalue weighted by molar-refractivity contribution is -0.0394. The third-order valence-electron chi connectivity index (χ3n) is 6.92. The highest BCUT2D eigenvalue weighted by molar-refractivity contribution is 5.84. The Kier molecular flexibility index (Phi) is 8.48. The van der Waals surface area contributed by atoms with Crippen molar-refractivity contribution in [2.24, 2.45) is 5.92 Å². The van der Waals surface area contributed by atoms with Crippen LogP contribution < -0.4 is 15.0 Å². The minimum atomic E-state index is -0.0115. The van der Waals surface area contributed by atoms with Crippen LogP contribution in [0.2, 0.25) is 0 Å². The van der Waals surface area contributed by atoms with E-state index in [4.69, 9.17) is 14.5 Å². The Morgan fingerprint density at radius 2 is 1.92 bits per heavy atom. The molecule has 204 valence electrons. The summed E-state index contributed by atoms with van der Waals surface area (Å²) in [5.74, 6) is 1.30. The zero-order chi connectivity index (χ0) is 27.2. The van der Waals surface area contributed by atoms with E-state index in [1.54, 1.807) is 19.4 Å². The molecule has 2 aromatic heterocycles. The number of ether oxygens (including phenoxy) is 2. The summed E-state index contributed by atoms with van der Waals surface area (Å²) in [5.41, 5.74) is 5.87. The van der Waals surface area contributed by atoms with Crippen molar-refractivity contribution in [2.75, 3.05) is 39.3 Å². The molecule has 39 heavy (non-hydrogen) atoms. The van der Waals surface area contributed by atoms with Gasteiger partial charge in [-0.15, -0.1) is 0 Å². The number of hydrogen-bond donors (Lipinski definition) is 1. The first kappa shape index (κ1) is 26.8. The molecule has 1 saturated heterocycles. The lowest BCUT2D eigenvalue weighted by atomic mass is 10.1. The number of aromatic nitrogens is 4. The second-order valence-electron chi connectivity index (χ2n) is 10.1. The van der Waals surface area contributed by atoms with Crippen LogP contribution in [0, 0.1) is 5.92 Å². The zero-order valence-electron chi connectivity index (χ0n) is 22.8. The Bertz CT molecular complexity index is 1410. The van der Waals surface area contributed by atoms with E-state index in [0.29, 0.717) is 17.2 Å². The molecule has 0 radical (unpaired) electrons. The van der Waals surface area contributed by atoms with Gasteiger partial charge in [0.15, 0.2) is 0 Å². The maximum atomic E-state index is 11.6. The Labute approximate surface area is 229 Å². The van der Waals surface area contributed by atoms with Crippen molar-refractivity contribution in [1.29, 1.82) is 0 Å². The molecule has 2 fully saturated rings. The van der Waals surface area contributed by atoms with Crippen molar-refractivity contribution in [3.8, 4) is 17.0 Å². The average molecular weight is 529 g/mol. The predicted molar refractivity (Wildman–Crippen MR) is 153 cm³/mol. The Morgan fingerprint density at radius 1 is 1.08 bits per heavy atom. The molecule has 9 heteroatoms. The summed E-state index contributed by atoms with van der Waals surface area (Å²) in [7, 11) is 5.37. The molecule has 3 heterocycles. The molecule has 1 N–H and O–H groups in total. The van der Waals surface area contributed by atoms with Gasteiger partial charge in [-0.25, -0.2) is 9.67 Å². The topological polar surface area (TPSA) is 94.4 Å². The van der Waals surface area contributed by atoms with Gasteiger partial charge in [0, 0.05) is 47.9 Å². The zero-order valence-corrected chi connectivity index (χ0v) is 22.8. The van der Waals surface area contributed by atoms with Gasteiger partial charge >= 0.3 is 0 Å². The van der Waals surface area contributed by atoms with Crippen molar-refractivity contribution in [2.45, 2.75) is 38.3 Å². The number of anilines is 2. The number of nitrogens with zero attached hydrogens (tertiary/aromatic N) is 5. The second-order valence-corrected chi connectivity index (χ2v) is 10.1. The molecule has 2 aliphatic rings. The molecule has 0 spiro atoms. The maximum Gasteiger partial charge on any atom is 0.150 e. The summed E-state index contributed by atoms with van der Waals surface area (Å²) >= 11 is 0. The molecule has 6 rings (SSSR count). The van der Waals surface area contributed by atoms with Gasteiger partial charge < -0.3 is 19.7 Å². The van der Waals surface area contributed by atoms with Crippen LogP contribution in [0.1, 0.15) is 48.7 Å². The number of rotatable bonds is 8. The van der Waals surface area contributed by atoms with Crippen molar-refractivity contribution >= 4 is 28.7 Å². The first-order valence-electron chi connectivity index (χ1n) is 13.5. The molecule has 2 aromatic carbocycles. The number of benzene rings is 2. The van der Waals surface area contributed by atoms with E-state index in [-0.39, 0.29) is 6.23 Å². The number of carbonyl (C=O) groups excluding carboxylic acids is 1. The number of aldehydes is 1. The van der Waals surface area contributed by atoms with Gasteiger partial charge in [0.2, 0.25) is 0 Å². The minimum Gasteiger partial charge on any atom is -0.497 e. The standard InChI is InChI=1S/C28H29N5O3.C2H7N/c1-35-24-11-20(18-34)10-23(12-24)32(16-19-5-6-19)22-7-8-25-26(13-22)31-27(15-29-25)21-14-30-33(17-21)28-4-2-3-9-36-28;1-3-2/h7-8,10-15,17-19,28H,2-6,9,16H2,1H3;3H,1-2H3. The largest absolute Gasteiger partial charge is 0.497 e. The molecular formula is C30H36N6O3. The van der Waals surface area contributed by atoms with Crippen molar-refractivity contribution < 1.29 is 14.3 Å². The monoisotopic (exact) mass is 528 g/mol. The van der Waals surface area contributed by atoms with Crippen LogP contribution in [0.5, 0.6) is 5.75 Å². The van der Waals surface area contributed by atoms with Gasteiger partial charge in [0.05, 0.1) is 36.2 Å². The van der Waals surface area contributed by atoms with E-state index < -0.39 is 0 Å². The van der Waals surface area contributed by atoms with Crippen LogP contribution in [0.15, 0.2) is 55.0 Å². The third kappa shape index (κ3) is 6.43. The van der Waals surface area contributed by atoms with Crippen molar-refractivity contribution in [1.82, 2.24) is 25.1 Å². The first-order valence-corrected chi connectivity index (χ1v) is 13.5. The average Bonchev–Trinajstić information content (AvgIpc) is 3.67. The van der Waals surface area contributed by atoms with Gasteiger partial charge in [0.25, 0.3) is 0 Å². The van der Waals surface area contributed by atoms with E-state index in [2.05, 4.69) is 32.4 Å². The first-order chi connectivity index (χ1) is 19.1. The van der Waals surface area contributed by atoms with Crippen LogP contribution in [0.4, 0.5) is 11.4 Å². The number of hydrogen-bond acceptors (Lipinski definition) is 8. The summed E-state index contributed by atoms with van der Waals surface area (Å²) in [6.07, 6.45) is 12.1. The third-order valence-corrected chi connectivity index (χ3v) is 6.92. The van der Waals surface area contributed by atoms with Crippen LogP contribution in [-0.2, 0) is 4.74 Å². The summed E-state index contributed by atoms with van der Waals surface area (Å²) in [6.45, 7) is 1.65.